The van der Waals surface area contributed by atoms with Crippen LogP contribution in [0, 0.1) is 0 Å². The third-order valence-corrected chi connectivity index (χ3v) is 10.5. The van der Waals surface area contributed by atoms with Crippen LogP contribution in [0.2, 0.25) is 5.15 Å². The Labute approximate surface area is 282 Å². The monoisotopic (exact) mass is 705 g/mol. The van der Waals surface area contributed by atoms with Crippen LogP contribution in [-0.4, -0.2) is 68.7 Å². The molecule has 256 valence electrons. The second kappa shape index (κ2) is 14.5. The van der Waals surface area contributed by atoms with E-state index < -0.39 is 21.8 Å². The molecule has 15 heteroatoms. The second-order valence-corrected chi connectivity index (χ2v) is 13.7. The van der Waals surface area contributed by atoms with E-state index in [-0.39, 0.29) is 46.4 Å². The van der Waals surface area contributed by atoms with E-state index in [1.807, 2.05) is 19.0 Å². The van der Waals surface area contributed by atoms with E-state index in [1.54, 1.807) is 24.3 Å². The van der Waals surface area contributed by atoms with Crippen molar-refractivity contribution in [3.63, 3.8) is 0 Å². The second-order valence-electron chi connectivity index (χ2n) is 11.5. The molecule has 2 aromatic heterocycles. The fraction of sp³-hybridized carbons (Fsp3) is 0.364. The van der Waals surface area contributed by atoms with Gasteiger partial charge in [-0.2, -0.15) is 13.2 Å². The molecule has 2 heterocycles. The summed E-state index contributed by atoms with van der Waals surface area (Å²) < 4.78 is 86.5. The molecular weight excluding hydrogens is 671 g/mol. The first-order valence-electron chi connectivity index (χ1n) is 15.0. The SMILES string of the molecule is COc1ccc(CN(c2ccncn2)S(=O)(=O)c2ccc(O[C@H]3CC[C@H](c4cccc(C(F)(F)F)c4)C[C@@H]3N(C)C)nc2Cl)c(OC)c1. The van der Waals surface area contributed by atoms with Crippen LogP contribution >= 0.6 is 11.6 Å². The van der Waals surface area contributed by atoms with Crippen LogP contribution in [0.4, 0.5) is 19.0 Å². The van der Waals surface area contributed by atoms with Gasteiger partial charge in [-0.25, -0.2) is 27.7 Å². The Morgan fingerprint density at radius 3 is 2.44 bits per heavy atom. The lowest BCUT2D eigenvalue weighted by Gasteiger charge is -2.39. The number of ether oxygens (including phenoxy) is 3. The first kappa shape index (κ1) is 35.2. The van der Waals surface area contributed by atoms with Gasteiger partial charge >= 0.3 is 6.18 Å². The van der Waals surface area contributed by atoms with E-state index in [2.05, 4.69) is 15.0 Å². The van der Waals surface area contributed by atoms with Gasteiger partial charge in [0.2, 0.25) is 5.88 Å². The Bertz CT molecular complexity index is 1830. The third kappa shape index (κ3) is 7.77. The highest BCUT2D eigenvalue weighted by molar-refractivity contribution is 7.92. The maximum absolute atomic E-state index is 14.1. The van der Waals surface area contributed by atoms with Gasteiger partial charge in [0.15, 0.2) is 5.15 Å². The number of methoxy groups -OCH3 is 2. The van der Waals surface area contributed by atoms with E-state index in [9.17, 15) is 21.6 Å². The van der Waals surface area contributed by atoms with Crippen LogP contribution in [0.3, 0.4) is 0 Å². The summed E-state index contributed by atoms with van der Waals surface area (Å²) in [4.78, 5) is 14.1. The lowest BCUT2D eigenvalue weighted by Crippen LogP contribution is -2.46. The molecular formula is C33H35ClF3N5O5S. The molecule has 0 spiro atoms. The summed E-state index contributed by atoms with van der Waals surface area (Å²) in [6.45, 7) is -0.152. The maximum atomic E-state index is 14.1. The molecule has 0 unspecified atom stereocenters. The number of benzene rings is 2. The quantitative estimate of drug-likeness (QED) is 0.160. The van der Waals surface area contributed by atoms with Crippen molar-refractivity contribution in [3.8, 4) is 17.4 Å². The Kier molecular flexibility index (Phi) is 10.7. The molecule has 1 aliphatic carbocycles. The van der Waals surface area contributed by atoms with Crippen molar-refractivity contribution in [2.24, 2.45) is 0 Å². The van der Waals surface area contributed by atoms with Crippen molar-refractivity contribution in [1.82, 2.24) is 19.9 Å². The largest absolute Gasteiger partial charge is 0.497 e. The first-order valence-corrected chi connectivity index (χ1v) is 16.8. The van der Waals surface area contributed by atoms with Crippen LogP contribution in [0.5, 0.6) is 17.4 Å². The molecule has 1 aliphatic rings. The molecule has 5 rings (SSSR count). The summed E-state index contributed by atoms with van der Waals surface area (Å²) in [6.07, 6.45) is -0.433. The molecule has 48 heavy (non-hydrogen) atoms. The Morgan fingerprint density at radius 2 is 1.79 bits per heavy atom. The summed E-state index contributed by atoms with van der Waals surface area (Å²) >= 11 is 6.54. The maximum Gasteiger partial charge on any atom is 0.416 e. The van der Waals surface area contributed by atoms with E-state index in [0.29, 0.717) is 41.9 Å². The number of nitrogens with zero attached hydrogens (tertiary/aromatic N) is 5. The molecule has 3 atom stereocenters. The summed E-state index contributed by atoms with van der Waals surface area (Å²) in [5.41, 5.74) is 0.501. The zero-order valence-corrected chi connectivity index (χ0v) is 28.3. The van der Waals surface area contributed by atoms with Crippen LogP contribution in [0.1, 0.15) is 41.9 Å². The van der Waals surface area contributed by atoms with Crippen LogP contribution in [0.15, 0.2) is 78.1 Å². The number of sulfonamides is 1. The van der Waals surface area contributed by atoms with Gasteiger partial charge in [-0.3, -0.25) is 0 Å². The minimum absolute atomic E-state index is 0.0966. The van der Waals surface area contributed by atoms with Crippen molar-refractivity contribution in [2.75, 3.05) is 32.6 Å². The zero-order chi connectivity index (χ0) is 34.6. The summed E-state index contributed by atoms with van der Waals surface area (Å²) in [6, 6.07) is 14.6. The molecule has 0 amide bonds. The van der Waals surface area contributed by atoms with Gasteiger partial charge in [-0.1, -0.05) is 29.8 Å². The topological polar surface area (TPSA) is 107 Å². The third-order valence-electron chi connectivity index (χ3n) is 8.36. The number of rotatable bonds is 11. The van der Waals surface area contributed by atoms with Gasteiger partial charge < -0.3 is 19.1 Å². The Hall–Kier alpha value is -4.14. The summed E-state index contributed by atoms with van der Waals surface area (Å²) in [5.74, 6) is 1.08. The standard InChI is InChI=1S/C33H35ClF3N5O5S/c1-41(2)26-17-22(21-6-5-7-24(16-21)33(35,36)37)9-11-27(26)47-31-13-12-29(32(34)40-31)48(43,44)42(30-14-15-38-20-39-30)19-23-8-10-25(45-3)18-28(23)46-4/h5-8,10,12-16,18,20,22,26-27H,9,11,17,19H2,1-4H3/t22-,26-,27-/m0/s1. The van der Waals surface area contributed by atoms with E-state index in [0.717, 1.165) is 10.4 Å². The lowest BCUT2D eigenvalue weighted by atomic mass is 9.79. The molecule has 0 bridgehead atoms. The average molecular weight is 706 g/mol. The molecule has 10 nitrogen and oxygen atoms in total. The van der Waals surface area contributed by atoms with Crippen LogP contribution in [0.25, 0.3) is 0 Å². The summed E-state index contributed by atoms with van der Waals surface area (Å²) in [7, 11) is 2.42. The number of alkyl halides is 3. The highest BCUT2D eigenvalue weighted by Gasteiger charge is 2.37. The predicted molar refractivity (Wildman–Crippen MR) is 174 cm³/mol. The smallest absolute Gasteiger partial charge is 0.416 e. The van der Waals surface area contributed by atoms with Crippen molar-refractivity contribution >= 4 is 27.4 Å². The number of aromatic nitrogens is 3. The van der Waals surface area contributed by atoms with Crippen LogP contribution < -0.4 is 18.5 Å². The minimum Gasteiger partial charge on any atom is -0.497 e. The minimum atomic E-state index is -4.42. The highest BCUT2D eigenvalue weighted by atomic mass is 35.5. The van der Waals surface area contributed by atoms with Gasteiger partial charge in [0, 0.05) is 36.0 Å². The average Bonchev–Trinajstić information content (AvgIpc) is 3.07. The van der Waals surface area contributed by atoms with E-state index in [1.165, 1.54) is 57.1 Å². The fourth-order valence-electron chi connectivity index (χ4n) is 5.87. The molecule has 0 N–H and O–H groups in total. The number of halogens is 4. The first-order chi connectivity index (χ1) is 22.8. The molecule has 1 saturated carbocycles. The molecule has 0 aliphatic heterocycles. The molecule has 0 saturated heterocycles. The number of anilines is 1. The zero-order valence-electron chi connectivity index (χ0n) is 26.7. The van der Waals surface area contributed by atoms with E-state index >= 15 is 0 Å². The number of hydrogen-bond donors (Lipinski definition) is 0. The number of likely N-dealkylation sites (N-methyl/N-ethyl adjacent to an activating group) is 1. The van der Waals surface area contributed by atoms with Gasteiger partial charge in [-0.15, -0.1) is 0 Å². The van der Waals surface area contributed by atoms with Crippen molar-refractivity contribution < 1.29 is 35.8 Å². The predicted octanol–water partition coefficient (Wildman–Crippen LogP) is 6.60. The van der Waals surface area contributed by atoms with Crippen molar-refractivity contribution in [1.29, 1.82) is 0 Å². The van der Waals surface area contributed by atoms with Gasteiger partial charge in [0.05, 0.1) is 26.3 Å². The summed E-state index contributed by atoms with van der Waals surface area (Å²) in [5, 5.41) is -0.299. The molecule has 2 aromatic carbocycles. The Morgan fingerprint density at radius 1 is 1.00 bits per heavy atom. The highest BCUT2D eigenvalue weighted by Crippen LogP contribution is 2.39. The molecule has 0 radical (unpaired) electrons. The normalized spacial score (nSPS) is 18.4. The van der Waals surface area contributed by atoms with Gasteiger partial charge in [0.25, 0.3) is 10.0 Å². The molecule has 1 fully saturated rings. The number of hydrogen-bond acceptors (Lipinski definition) is 9. The van der Waals surface area contributed by atoms with Gasteiger partial charge in [0.1, 0.15) is 34.6 Å². The van der Waals surface area contributed by atoms with Gasteiger partial charge in [-0.05, 0) is 69.1 Å². The van der Waals surface area contributed by atoms with E-state index in [4.69, 9.17) is 25.8 Å². The van der Waals surface area contributed by atoms with Crippen molar-refractivity contribution in [3.05, 3.63) is 95.0 Å². The Balaban J connectivity index is 1.38. The fourth-order valence-corrected chi connectivity index (χ4v) is 7.70. The van der Waals surface area contributed by atoms with Crippen molar-refractivity contribution in [2.45, 2.75) is 54.9 Å². The lowest BCUT2D eigenvalue weighted by molar-refractivity contribution is -0.137. The molecule has 4 aromatic rings. The number of pyridine rings is 1. The van der Waals surface area contributed by atoms with Crippen LogP contribution in [-0.2, 0) is 22.7 Å².